The van der Waals surface area contributed by atoms with Gasteiger partial charge in [0.15, 0.2) is 0 Å². The summed E-state index contributed by atoms with van der Waals surface area (Å²) in [6.45, 7) is 9.30. The van der Waals surface area contributed by atoms with Crippen LogP contribution in [0, 0.1) is 11.3 Å². The highest BCUT2D eigenvalue weighted by Gasteiger charge is 2.23. The van der Waals surface area contributed by atoms with Gasteiger partial charge in [0.05, 0.1) is 0 Å². The van der Waals surface area contributed by atoms with Crippen molar-refractivity contribution < 1.29 is 4.79 Å². The molecule has 0 radical (unpaired) electrons. The van der Waals surface area contributed by atoms with Crippen molar-refractivity contribution in [2.24, 2.45) is 11.3 Å². The topological polar surface area (TPSA) is 70.9 Å². The lowest BCUT2D eigenvalue weighted by molar-refractivity contribution is 0.0920. The Balaban J connectivity index is 2.12. The molecule has 0 aliphatic carbocycles. The van der Waals surface area contributed by atoms with Gasteiger partial charge in [-0.05, 0) is 35.6 Å². The number of carbonyl (C=O) groups is 1. The van der Waals surface area contributed by atoms with E-state index in [9.17, 15) is 4.79 Å². The second kappa shape index (κ2) is 5.19. The lowest BCUT2D eigenvalue weighted by Gasteiger charge is -2.29. The number of aromatic amines is 1. The summed E-state index contributed by atoms with van der Waals surface area (Å²) >= 11 is 0. The zero-order valence-electron chi connectivity index (χ0n) is 12.6. The molecule has 4 N–H and O–H groups in total. The first-order chi connectivity index (χ1) is 9.29. The predicted molar refractivity (Wildman–Crippen MR) is 83.7 cm³/mol. The van der Waals surface area contributed by atoms with Crippen LogP contribution >= 0.6 is 0 Å². The van der Waals surface area contributed by atoms with E-state index in [1.54, 1.807) is 0 Å². The Kier molecular flexibility index (Phi) is 3.75. The Bertz CT molecular complexity index is 626. The van der Waals surface area contributed by atoms with Gasteiger partial charge in [-0.15, -0.1) is 0 Å². The summed E-state index contributed by atoms with van der Waals surface area (Å²) < 4.78 is 0. The van der Waals surface area contributed by atoms with Gasteiger partial charge >= 0.3 is 0 Å². The number of nitrogen functional groups attached to an aromatic ring is 1. The number of H-pyrrole nitrogens is 1. The summed E-state index contributed by atoms with van der Waals surface area (Å²) in [5.41, 5.74) is 8.02. The van der Waals surface area contributed by atoms with Gasteiger partial charge in [0.2, 0.25) is 0 Å². The second-order valence-electron chi connectivity index (χ2n) is 6.36. The third-order valence-corrected chi connectivity index (χ3v) is 4.16. The van der Waals surface area contributed by atoms with Crippen LogP contribution in [0.25, 0.3) is 10.9 Å². The van der Waals surface area contributed by atoms with Crippen LogP contribution in [-0.2, 0) is 0 Å². The van der Waals surface area contributed by atoms with E-state index >= 15 is 0 Å². The molecule has 0 fully saturated rings. The van der Waals surface area contributed by atoms with Crippen LogP contribution in [-0.4, -0.2) is 17.4 Å². The average molecular weight is 273 g/mol. The van der Waals surface area contributed by atoms with Crippen LogP contribution in [0.15, 0.2) is 24.3 Å². The monoisotopic (exact) mass is 273 g/mol. The SMILES string of the molecule is CC(C)C(C)(C)CNC(=O)c1cc2cc(N)ccc2[nH]1. The lowest BCUT2D eigenvalue weighted by atomic mass is 9.81. The van der Waals surface area contributed by atoms with Crippen LogP contribution in [0.5, 0.6) is 0 Å². The van der Waals surface area contributed by atoms with E-state index in [0.29, 0.717) is 23.8 Å². The third kappa shape index (κ3) is 2.95. The molecule has 20 heavy (non-hydrogen) atoms. The molecule has 1 aromatic carbocycles. The quantitative estimate of drug-likeness (QED) is 0.749. The molecule has 0 aliphatic rings. The van der Waals surface area contributed by atoms with Gasteiger partial charge in [-0.3, -0.25) is 4.79 Å². The molecule has 0 bridgehead atoms. The molecule has 0 saturated carbocycles. The molecule has 2 rings (SSSR count). The van der Waals surface area contributed by atoms with Crippen molar-refractivity contribution in [1.82, 2.24) is 10.3 Å². The molecule has 108 valence electrons. The number of carbonyl (C=O) groups excluding carboxylic acids is 1. The summed E-state index contributed by atoms with van der Waals surface area (Å²) in [6.07, 6.45) is 0. The molecule has 4 nitrogen and oxygen atoms in total. The minimum Gasteiger partial charge on any atom is -0.399 e. The lowest BCUT2D eigenvalue weighted by Crippen LogP contribution is -2.37. The second-order valence-corrected chi connectivity index (χ2v) is 6.36. The van der Waals surface area contributed by atoms with Crippen molar-refractivity contribution in [3.8, 4) is 0 Å². The van der Waals surface area contributed by atoms with Gasteiger partial charge in [-0.25, -0.2) is 0 Å². The number of fused-ring (bicyclic) bond motifs is 1. The minimum absolute atomic E-state index is 0.0755. The third-order valence-electron chi connectivity index (χ3n) is 4.16. The molecular weight excluding hydrogens is 250 g/mol. The number of anilines is 1. The van der Waals surface area contributed by atoms with Crippen LogP contribution in [0.4, 0.5) is 5.69 Å². The molecule has 0 atom stereocenters. The maximum Gasteiger partial charge on any atom is 0.267 e. The molecule has 1 heterocycles. The highest BCUT2D eigenvalue weighted by atomic mass is 16.1. The van der Waals surface area contributed by atoms with Crippen molar-refractivity contribution in [3.63, 3.8) is 0 Å². The number of amides is 1. The largest absolute Gasteiger partial charge is 0.399 e. The Morgan fingerprint density at radius 2 is 2.05 bits per heavy atom. The van der Waals surface area contributed by atoms with Gasteiger partial charge in [0.1, 0.15) is 5.69 Å². The van der Waals surface area contributed by atoms with Crippen molar-refractivity contribution in [3.05, 3.63) is 30.0 Å². The number of aromatic nitrogens is 1. The van der Waals surface area contributed by atoms with Gasteiger partial charge in [0.25, 0.3) is 5.91 Å². The van der Waals surface area contributed by atoms with Crippen LogP contribution in [0.1, 0.15) is 38.2 Å². The van der Waals surface area contributed by atoms with Crippen LogP contribution in [0.2, 0.25) is 0 Å². The summed E-state index contributed by atoms with van der Waals surface area (Å²) in [5, 5.41) is 3.95. The van der Waals surface area contributed by atoms with E-state index < -0.39 is 0 Å². The summed E-state index contributed by atoms with van der Waals surface area (Å²) in [6, 6.07) is 7.41. The number of rotatable bonds is 4. The minimum atomic E-state index is -0.0755. The van der Waals surface area contributed by atoms with E-state index in [1.165, 1.54) is 0 Å². The number of benzene rings is 1. The van der Waals surface area contributed by atoms with E-state index in [1.807, 2.05) is 24.3 Å². The van der Waals surface area contributed by atoms with Crippen molar-refractivity contribution >= 4 is 22.5 Å². The molecular formula is C16H23N3O. The summed E-state index contributed by atoms with van der Waals surface area (Å²) in [7, 11) is 0. The summed E-state index contributed by atoms with van der Waals surface area (Å²) in [5.74, 6) is 0.429. The zero-order valence-corrected chi connectivity index (χ0v) is 12.6. The molecule has 4 heteroatoms. The van der Waals surface area contributed by atoms with Crippen molar-refractivity contribution in [1.29, 1.82) is 0 Å². The fourth-order valence-corrected chi connectivity index (χ4v) is 1.88. The zero-order chi connectivity index (χ0) is 14.9. The predicted octanol–water partition coefficient (Wildman–Crippen LogP) is 3.16. The van der Waals surface area contributed by atoms with E-state index in [0.717, 1.165) is 10.9 Å². The summed E-state index contributed by atoms with van der Waals surface area (Å²) in [4.78, 5) is 15.3. The number of nitrogens with one attached hydrogen (secondary N) is 2. The standard InChI is InChI=1S/C16H23N3O/c1-10(2)16(3,4)9-18-15(20)14-8-11-7-12(17)5-6-13(11)19-14/h5-8,10,19H,9,17H2,1-4H3,(H,18,20). The molecule has 0 spiro atoms. The molecule has 0 aliphatic heterocycles. The Labute approximate surface area is 119 Å². The normalized spacial score (nSPS) is 12.1. The smallest absolute Gasteiger partial charge is 0.267 e. The van der Waals surface area contributed by atoms with Gasteiger partial charge in [-0.2, -0.15) is 0 Å². The van der Waals surface area contributed by atoms with E-state index in [2.05, 4.69) is 38.0 Å². The van der Waals surface area contributed by atoms with Gasteiger partial charge in [0, 0.05) is 23.1 Å². The number of nitrogens with two attached hydrogens (primary N) is 1. The average Bonchev–Trinajstić information content (AvgIpc) is 2.78. The number of hydrogen-bond acceptors (Lipinski definition) is 2. The number of hydrogen-bond donors (Lipinski definition) is 3. The first kappa shape index (κ1) is 14.4. The Morgan fingerprint density at radius 3 is 2.70 bits per heavy atom. The van der Waals surface area contributed by atoms with Gasteiger partial charge < -0.3 is 16.0 Å². The Morgan fingerprint density at radius 1 is 1.35 bits per heavy atom. The maximum absolute atomic E-state index is 12.2. The van der Waals surface area contributed by atoms with Crippen LogP contribution < -0.4 is 11.1 Å². The Hall–Kier alpha value is -1.97. The van der Waals surface area contributed by atoms with Crippen molar-refractivity contribution in [2.75, 3.05) is 12.3 Å². The molecule has 2 aromatic rings. The molecule has 1 amide bonds. The highest BCUT2D eigenvalue weighted by molar-refractivity contribution is 5.98. The van der Waals surface area contributed by atoms with Crippen LogP contribution in [0.3, 0.4) is 0 Å². The first-order valence-electron chi connectivity index (χ1n) is 6.96. The molecule has 1 aromatic heterocycles. The fraction of sp³-hybridized carbons (Fsp3) is 0.438. The first-order valence-corrected chi connectivity index (χ1v) is 6.96. The fourth-order valence-electron chi connectivity index (χ4n) is 1.88. The maximum atomic E-state index is 12.2. The molecule has 0 saturated heterocycles. The highest BCUT2D eigenvalue weighted by Crippen LogP contribution is 2.25. The van der Waals surface area contributed by atoms with E-state index in [4.69, 9.17) is 5.73 Å². The molecule has 0 unspecified atom stereocenters. The van der Waals surface area contributed by atoms with Gasteiger partial charge in [-0.1, -0.05) is 27.7 Å². The van der Waals surface area contributed by atoms with Crippen molar-refractivity contribution in [2.45, 2.75) is 27.7 Å². The van der Waals surface area contributed by atoms with E-state index in [-0.39, 0.29) is 11.3 Å².